The van der Waals surface area contributed by atoms with Crippen LogP contribution < -0.4 is 9.64 Å². The Morgan fingerprint density at radius 3 is 2.41 bits per heavy atom. The molecule has 2 heterocycles. The van der Waals surface area contributed by atoms with Crippen molar-refractivity contribution in [1.82, 2.24) is 4.90 Å². The normalized spacial score (nSPS) is 25.1. The van der Waals surface area contributed by atoms with Crippen LogP contribution in [0.5, 0.6) is 11.5 Å². The third kappa shape index (κ3) is 5.81. The van der Waals surface area contributed by atoms with E-state index in [0.717, 1.165) is 51.1 Å². The van der Waals surface area contributed by atoms with Crippen molar-refractivity contribution in [3.05, 3.63) is 89.0 Å². The molecule has 0 spiro atoms. The van der Waals surface area contributed by atoms with E-state index in [4.69, 9.17) is 4.74 Å². The Balaban J connectivity index is 1.20. The van der Waals surface area contributed by atoms with Crippen LogP contribution in [0.25, 0.3) is 0 Å². The van der Waals surface area contributed by atoms with Crippen molar-refractivity contribution < 1.29 is 18.6 Å². The first-order valence-electron chi connectivity index (χ1n) is 15.2. The molecular formula is C35H42F2N2O2. The minimum Gasteiger partial charge on any atom is -0.508 e. The van der Waals surface area contributed by atoms with Gasteiger partial charge < -0.3 is 19.6 Å². The maximum Gasteiger partial charge on any atom is 0.253 e. The number of methoxy groups -OCH3 is 1. The number of halogens is 2. The number of fused-ring (bicyclic) bond motifs is 1. The molecule has 0 radical (unpaired) electrons. The van der Waals surface area contributed by atoms with Gasteiger partial charge in [-0.15, -0.1) is 0 Å². The number of piperidine rings is 2. The topological polar surface area (TPSA) is 35.9 Å². The Morgan fingerprint density at radius 1 is 0.927 bits per heavy atom. The van der Waals surface area contributed by atoms with E-state index in [0.29, 0.717) is 30.7 Å². The predicted molar refractivity (Wildman–Crippen MR) is 161 cm³/mol. The number of rotatable bonds is 6. The van der Waals surface area contributed by atoms with Gasteiger partial charge in [0.05, 0.1) is 7.11 Å². The van der Waals surface area contributed by atoms with Crippen molar-refractivity contribution in [1.29, 1.82) is 0 Å². The lowest BCUT2D eigenvalue weighted by Gasteiger charge is -2.40. The second-order valence-corrected chi connectivity index (χ2v) is 12.4. The maximum atomic E-state index is 13.9. The number of aryl methyl sites for hydroxylation is 1. The molecule has 3 aliphatic rings. The van der Waals surface area contributed by atoms with Crippen molar-refractivity contribution in [2.24, 2.45) is 11.8 Å². The Kier molecular flexibility index (Phi) is 7.95. The van der Waals surface area contributed by atoms with Crippen molar-refractivity contribution in [2.75, 3.05) is 44.7 Å². The number of alkyl halides is 2. The number of hydrogen-bond acceptors (Lipinski definition) is 4. The zero-order valence-electron chi connectivity index (χ0n) is 24.2. The summed E-state index contributed by atoms with van der Waals surface area (Å²) >= 11 is 0. The lowest BCUT2D eigenvalue weighted by molar-refractivity contribution is -0.101. The van der Waals surface area contributed by atoms with Gasteiger partial charge in [-0.25, -0.2) is 8.78 Å². The summed E-state index contributed by atoms with van der Waals surface area (Å²) < 4.78 is 33.9. The van der Waals surface area contributed by atoms with Gasteiger partial charge in [0.25, 0.3) is 5.92 Å². The third-order valence-corrected chi connectivity index (χ3v) is 9.88. The first kappa shape index (κ1) is 28.0. The van der Waals surface area contributed by atoms with Crippen LogP contribution in [-0.2, 0) is 6.42 Å². The lowest BCUT2D eigenvalue weighted by atomic mass is 9.69. The van der Waals surface area contributed by atoms with Crippen molar-refractivity contribution in [2.45, 2.75) is 56.8 Å². The highest BCUT2D eigenvalue weighted by molar-refractivity contribution is 5.58. The van der Waals surface area contributed by atoms with Gasteiger partial charge in [0.15, 0.2) is 0 Å². The van der Waals surface area contributed by atoms with E-state index in [1.54, 1.807) is 20.1 Å². The van der Waals surface area contributed by atoms with Gasteiger partial charge in [0.2, 0.25) is 0 Å². The standard InChI is InChI=1S/C35H42F2N2O2/c1-24-22-38(19-16-35(24,36)37)23-25-14-17-39(18-15-25)28-9-12-32(33(21-28)41-2)34-30(26-6-4-3-5-7-26)11-8-27-20-29(40)10-13-31(27)34/h3-7,9-10,12-13,20-21,24-25,30,34,40H,8,11,14-19,22-23H2,1-2H3. The number of hydrogen-bond donors (Lipinski definition) is 1. The minimum atomic E-state index is -2.52. The molecule has 1 aliphatic carbocycles. The summed E-state index contributed by atoms with van der Waals surface area (Å²) in [6, 6.07) is 23.2. The minimum absolute atomic E-state index is 0.0169. The first-order chi connectivity index (χ1) is 19.8. The van der Waals surface area contributed by atoms with Gasteiger partial charge in [-0.05, 0) is 72.4 Å². The number of likely N-dealkylation sites (tertiary alicyclic amines) is 1. The fourth-order valence-corrected chi connectivity index (χ4v) is 7.47. The molecule has 0 aromatic heterocycles. The van der Waals surface area contributed by atoms with Crippen molar-refractivity contribution >= 4 is 5.69 Å². The number of aromatic hydroxyl groups is 1. The van der Waals surface area contributed by atoms with Gasteiger partial charge in [0, 0.05) is 68.3 Å². The molecule has 6 rings (SSSR count). The van der Waals surface area contributed by atoms with E-state index < -0.39 is 11.8 Å². The zero-order valence-corrected chi connectivity index (χ0v) is 24.2. The molecule has 41 heavy (non-hydrogen) atoms. The number of ether oxygens (including phenoxy) is 1. The van der Waals surface area contributed by atoms with Crippen LogP contribution in [-0.4, -0.2) is 55.8 Å². The summed E-state index contributed by atoms with van der Waals surface area (Å²) in [5.74, 6) is -0.859. The molecule has 3 aromatic rings. The zero-order chi connectivity index (χ0) is 28.6. The SMILES string of the molecule is COc1cc(N2CCC(CN3CCC(F)(F)C(C)C3)CC2)ccc1C1c2ccc(O)cc2CCC1c1ccccc1. The molecule has 3 atom stereocenters. The summed E-state index contributed by atoms with van der Waals surface area (Å²) in [5.41, 5.74) is 6.16. The number of benzene rings is 3. The first-order valence-corrected chi connectivity index (χ1v) is 15.2. The molecule has 0 bridgehead atoms. The molecule has 2 aliphatic heterocycles. The van der Waals surface area contributed by atoms with Gasteiger partial charge in [-0.2, -0.15) is 0 Å². The molecule has 6 heteroatoms. The average molecular weight is 561 g/mol. The van der Waals surface area contributed by atoms with E-state index in [1.165, 1.54) is 27.9 Å². The van der Waals surface area contributed by atoms with Crippen LogP contribution in [0, 0.1) is 11.8 Å². The van der Waals surface area contributed by atoms with Gasteiger partial charge >= 0.3 is 0 Å². The Hall–Kier alpha value is -3.12. The van der Waals surface area contributed by atoms with Crippen LogP contribution in [0.3, 0.4) is 0 Å². The Labute approximate surface area is 242 Å². The number of phenolic OH excluding ortho intramolecular Hbond substituents is 1. The monoisotopic (exact) mass is 560 g/mol. The smallest absolute Gasteiger partial charge is 0.253 e. The quantitative estimate of drug-likeness (QED) is 0.340. The largest absolute Gasteiger partial charge is 0.508 e. The molecule has 3 unspecified atom stereocenters. The summed E-state index contributed by atoms with van der Waals surface area (Å²) in [5, 5.41) is 10.2. The summed E-state index contributed by atoms with van der Waals surface area (Å²) in [7, 11) is 1.76. The second kappa shape index (κ2) is 11.6. The Morgan fingerprint density at radius 2 is 1.68 bits per heavy atom. The summed E-state index contributed by atoms with van der Waals surface area (Å²) in [6.45, 7) is 5.54. The van der Waals surface area contributed by atoms with Crippen LogP contribution in [0.15, 0.2) is 66.7 Å². The van der Waals surface area contributed by atoms with E-state index in [-0.39, 0.29) is 12.3 Å². The number of nitrogens with zero attached hydrogens (tertiary/aromatic N) is 2. The number of phenols is 1. The highest BCUT2D eigenvalue weighted by Gasteiger charge is 2.41. The third-order valence-electron chi connectivity index (χ3n) is 9.88. The van der Waals surface area contributed by atoms with Crippen LogP contribution >= 0.6 is 0 Å². The molecule has 4 nitrogen and oxygen atoms in total. The van der Waals surface area contributed by atoms with Crippen molar-refractivity contribution in [3.63, 3.8) is 0 Å². The summed E-state index contributed by atoms with van der Waals surface area (Å²) in [4.78, 5) is 4.70. The average Bonchev–Trinajstić information content (AvgIpc) is 2.99. The van der Waals surface area contributed by atoms with Gasteiger partial charge in [0.1, 0.15) is 11.5 Å². The maximum absolute atomic E-state index is 13.9. The van der Waals surface area contributed by atoms with Crippen LogP contribution in [0.4, 0.5) is 14.5 Å². The molecule has 1 N–H and O–H groups in total. The molecule has 2 saturated heterocycles. The Bertz CT molecular complexity index is 1340. The van der Waals surface area contributed by atoms with Crippen LogP contribution in [0.2, 0.25) is 0 Å². The van der Waals surface area contributed by atoms with E-state index in [9.17, 15) is 13.9 Å². The molecule has 218 valence electrons. The highest BCUT2D eigenvalue weighted by atomic mass is 19.3. The van der Waals surface area contributed by atoms with Crippen LogP contribution in [0.1, 0.15) is 66.7 Å². The fraction of sp³-hybridized carbons (Fsp3) is 0.486. The van der Waals surface area contributed by atoms with Gasteiger partial charge in [-0.1, -0.05) is 49.4 Å². The summed E-state index contributed by atoms with van der Waals surface area (Å²) in [6.07, 6.45) is 4.07. The highest BCUT2D eigenvalue weighted by Crippen LogP contribution is 2.49. The van der Waals surface area contributed by atoms with Gasteiger partial charge in [-0.3, -0.25) is 0 Å². The molecule has 0 saturated carbocycles. The van der Waals surface area contributed by atoms with Crippen molar-refractivity contribution in [3.8, 4) is 11.5 Å². The fourth-order valence-electron chi connectivity index (χ4n) is 7.47. The number of anilines is 1. The van der Waals surface area contributed by atoms with E-state index in [2.05, 4.69) is 64.4 Å². The predicted octanol–water partition coefficient (Wildman–Crippen LogP) is 7.46. The molecule has 3 aromatic carbocycles. The van der Waals surface area contributed by atoms with E-state index in [1.807, 2.05) is 6.07 Å². The lowest BCUT2D eigenvalue weighted by Crippen LogP contribution is -2.48. The molecule has 2 fully saturated rings. The molecule has 0 amide bonds. The van der Waals surface area contributed by atoms with E-state index >= 15 is 0 Å². The second-order valence-electron chi connectivity index (χ2n) is 12.4. The molecular weight excluding hydrogens is 518 g/mol.